The van der Waals surface area contributed by atoms with Gasteiger partial charge in [0.05, 0.1) is 4.90 Å². The van der Waals surface area contributed by atoms with E-state index in [1.165, 1.54) is 4.31 Å². The van der Waals surface area contributed by atoms with Crippen LogP contribution < -0.4 is 5.32 Å². The summed E-state index contributed by atoms with van der Waals surface area (Å²) in [6, 6.07) is 3.80. The van der Waals surface area contributed by atoms with E-state index in [1.54, 1.807) is 0 Å². The molecule has 0 aliphatic carbocycles. The molecule has 2 rings (SSSR count). The number of carboxylic acids is 1. The Balaban J connectivity index is 0.000000675. The quantitative estimate of drug-likeness (QED) is 0.602. The lowest BCUT2D eigenvalue weighted by Gasteiger charge is -2.29. The van der Waals surface area contributed by atoms with Gasteiger partial charge in [-0.1, -0.05) is 24.6 Å². The molecule has 0 unspecified atom stereocenters. The number of benzene rings is 1. The van der Waals surface area contributed by atoms with Crippen LogP contribution in [0.3, 0.4) is 0 Å². The van der Waals surface area contributed by atoms with Gasteiger partial charge in [-0.3, -0.25) is 4.79 Å². The Morgan fingerprint density at radius 2 is 1.58 bits per heavy atom. The number of nitrogens with one attached hydrogen (secondary N) is 1. The summed E-state index contributed by atoms with van der Waals surface area (Å²) in [5.41, 5.74) is 2.57. The van der Waals surface area contributed by atoms with Crippen LogP contribution in [0.1, 0.15) is 36.5 Å². The van der Waals surface area contributed by atoms with Crippen LogP contribution in [0.2, 0.25) is 0 Å². The molecule has 2 N–H and O–H groups in total. The van der Waals surface area contributed by atoms with E-state index in [9.17, 15) is 26.4 Å². The number of carbonyl (C=O) groups excluding carboxylic acids is 1. The van der Waals surface area contributed by atoms with E-state index in [0.717, 1.165) is 29.8 Å². The van der Waals surface area contributed by atoms with Crippen molar-refractivity contribution >= 4 is 21.9 Å². The number of piperazine rings is 1. The van der Waals surface area contributed by atoms with Crippen molar-refractivity contribution in [2.24, 2.45) is 0 Å². The van der Waals surface area contributed by atoms with Gasteiger partial charge in [0.25, 0.3) is 0 Å². The molecular formula is C21H32F3N3O5S. The normalized spacial score (nSPS) is 14.6. The lowest BCUT2D eigenvalue weighted by Crippen LogP contribution is -2.47. The number of aryl methyl sites for hydroxylation is 3. The van der Waals surface area contributed by atoms with Crippen molar-refractivity contribution in [3.05, 3.63) is 28.8 Å². The maximum absolute atomic E-state index is 13.3. The number of nitrogens with zero attached hydrogens (tertiary/aromatic N) is 2. The first-order chi connectivity index (χ1) is 15.2. The predicted octanol–water partition coefficient (Wildman–Crippen LogP) is 2.47. The fourth-order valence-corrected chi connectivity index (χ4v) is 5.54. The third-order valence-electron chi connectivity index (χ3n) is 4.96. The Morgan fingerprint density at radius 3 is 2.00 bits per heavy atom. The Labute approximate surface area is 192 Å². The minimum Gasteiger partial charge on any atom is -0.475 e. The maximum Gasteiger partial charge on any atom is 0.490 e. The first-order valence-electron chi connectivity index (χ1n) is 10.6. The number of halogens is 3. The van der Waals surface area contributed by atoms with Gasteiger partial charge in [-0.05, 0) is 38.3 Å². The molecule has 1 aliphatic heterocycles. The van der Waals surface area contributed by atoms with E-state index in [0.29, 0.717) is 31.0 Å². The first-order valence-corrected chi connectivity index (χ1v) is 12.0. The van der Waals surface area contributed by atoms with Gasteiger partial charge in [-0.15, -0.1) is 0 Å². The molecule has 0 radical (unpaired) electrons. The average Bonchev–Trinajstić information content (AvgIpc) is 2.70. The Hall–Kier alpha value is -2.18. The van der Waals surface area contributed by atoms with Crippen LogP contribution in [0.15, 0.2) is 17.0 Å². The molecule has 1 aromatic rings. The highest BCUT2D eigenvalue weighted by atomic mass is 32.2. The highest BCUT2D eigenvalue weighted by molar-refractivity contribution is 7.89. The Morgan fingerprint density at radius 1 is 1.09 bits per heavy atom. The van der Waals surface area contributed by atoms with E-state index in [4.69, 9.17) is 9.90 Å². The van der Waals surface area contributed by atoms with Crippen LogP contribution >= 0.6 is 0 Å². The summed E-state index contributed by atoms with van der Waals surface area (Å²) in [6.45, 7) is 11.2. The zero-order valence-electron chi connectivity index (χ0n) is 19.3. The second-order valence-corrected chi connectivity index (χ2v) is 9.69. The molecule has 12 heteroatoms. The smallest absolute Gasteiger partial charge is 0.475 e. The number of alkyl halides is 3. The number of aliphatic carboxylic acids is 1. The fourth-order valence-electron chi connectivity index (χ4n) is 3.60. The molecule has 1 saturated heterocycles. The topological polar surface area (TPSA) is 107 Å². The summed E-state index contributed by atoms with van der Waals surface area (Å²) >= 11 is 0. The average molecular weight is 496 g/mol. The number of rotatable bonds is 7. The molecule has 1 aliphatic rings. The number of carboxylic acid groups (broad SMARTS) is 1. The molecule has 188 valence electrons. The summed E-state index contributed by atoms with van der Waals surface area (Å²) in [7, 11) is -3.62. The van der Waals surface area contributed by atoms with Crippen LogP contribution in [0, 0.1) is 20.8 Å². The molecule has 0 atom stereocenters. The maximum atomic E-state index is 13.3. The highest BCUT2D eigenvalue weighted by Crippen LogP contribution is 2.25. The summed E-state index contributed by atoms with van der Waals surface area (Å²) in [5.74, 6) is -2.73. The highest BCUT2D eigenvalue weighted by Gasteiger charge is 2.38. The lowest BCUT2D eigenvalue weighted by molar-refractivity contribution is -0.192. The first kappa shape index (κ1) is 28.9. The van der Waals surface area contributed by atoms with E-state index in [-0.39, 0.29) is 18.9 Å². The van der Waals surface area contributed by atoms with Gasteiger partial charge in [-0.25, -0.2) is 13.2 Å². The number of hydrogen-bond acceptors (Lipinski definition) is 5. The minimum absolute atomic E-state index is 0.0279. The van der Waals surface area contributed by atoms with Gasteiger partial charge in [0.1, 0.15) is 0 Å². The molecule has 0 spiro atoms. The van der Waals surface area contributed by atoms with Crippen LogP contribution in [-0.4, -0.2) is 80.1 Å². The SMILES string of the molecule is CCCN(CCC(=O)N1CCNCC1)S(=O)(=O)c1c(C)cc(C)cc1C.O=C(O)C(F)(F)F. The van der Waals surface area contributed by atoms with E-state index >= 15 is 0 Å². The molecule has 0 aromatic heterocycles. The lowest BCUT2D eigenvalue weighted by atomic mass is 10.1. The Bertz CT molecular complexity index is 907. The third kappa shape index (κ3) is 8.59. The van der Waals surface area contributed by atoms with E-state index < -0.39 is 22.2 Å². The summed E-state index contributed by atoms with van der Waals surface area (Å²) < 4.78 is 59.7. The monoisotopic (exact) mass is 495 g/mol. The fraction of sp³-hybridized carbons (Fsp3) is 0.619. The van der Waals surface area contributed by atoms with Gasteiger partial charge < -0.3 is 15.3 Å². The van der Waals surface area contributed by atoms with Crippen LogP contribution in [0.5, 0.6) is 0 Å². The van der Waals surface area contributed by atoms with Crippen LogP contribution in [-0.2, 0) is 19.6 Å². The molecule has 1 fully saturated rings. The number of amides is 1. The van der Waals surface area contributed by atoms with Crippen molar-refractivity contribution in [3.8, 4) is 0 Å². The molecule has 1 heterocycles. The second-order valence-electron chi connectivity index (χ2n) is 7.82. The van der Waals surface area contributed by atoms with Crippen molar-refractivity contribution in [2.75, 3.05) is 39.3 Å². The van der Waals surface area contributed by atoms with Crippen molar-refractivity contribution in [1.29, 1.82) is 0 Å². The molecule has 0 saturated carbocycles. The molecule has 1 amide bonds. The Kier molecular flexibility index (Phi) is 10.8. The number of hydrogen-bond donors (Lipinski definition) is 2. The van der Waals surface area contributed by atoms with Gasteiger partial charge >= 0.3 is 12.1 Å². The van der Waals surface area contributed by atoms with E-state index in [2.05, 4.69) is 5.32 Å². The van der Waals surface area contributed by atoms with Crippen molar-refractivity contribution in [2.45, 2.75) is 51.6 Å². The zero-order valence-corrected chi connectivity index (χ0v) is 20.1. The summed E-state index contributed by atoms with van der Waals surface area (Å²) in [4.78, 5) is 23.5. The third-order valence-corrected chi connectivity index (χ3v) is 7.17. The van der Waals surface area contributed by atoms with Crippen LogP contribution in [0.25, 0.3) is 0 Å². The molecule has 0 bridgehead atoms. The molecule has 1 aromatic carbocycles. The minimum atomic E-state index is -5.08. The standard InChI is InChI=1S/C19H31N3O3S.C2HF3O2/c1-5-9-22(10-6-18(23)21-11-7-20-8-12-21)26(24,25)19-16(3)13-15(2)14-17(19)4;3-2(4,5)1(6)7/h13-14,20H,5-12H2,1-4H3;(H,6,7). The van der Waals surface area contributed by atoms with Crippen LogP contribution in [0.4, 0.5) is 13.2 Å². The van der Waals surface area contributed by atoms with Crippen molar-refractivity contribution in [3.63, 3.8) is 0 Å². The molecule has 8 nitrogen and oxygen atoms in total. The van der Waals surface area contributed by atoms with Gasteiger partial charge in [-0.2, -0.15) is 17.5 Å². The summed E-state index contributed by atoms with van der Waals surface area (Å²) in [5, 5.41) is 10.3. The molecular weight excluding hydrogens is 463 g/mol. The largest absolute Gasteiger partial charge is 0.490 e. The predicted molar refractivity (Wildman–Crippen MR) is 117 cm³/mol. The van der Waals surface area contributed by atoms with Gasteiger partial charge in [0.2, 0.25) is 15.9 Å². The molecule has 33 heavy (non-hydrogen) atoms. The zero-order chi connectivity index (χ0) is 25.4. The summed E-state index contributed by atoms with van der Waals surface area (Å²) in [6.07, 6.45) is -4.14. The second kappa shape index (κ2) is 12.3. The van der Waals surface area contributed by atoms with E-state index in [1.807, 2.05) is 44.7 Å². The van der Waals surface area contributed by atoms with Crippen molar-refractivity contribution in [1.82, 2.24) is 14.5 Å². The number of sulfonamides is 1. The van der Waals surface area contributed by atoms with Crippen molar-refractivity contribution < 1.29 is 36.3 Å². The van der Waals surface area contributed by atoms with Gasteiger partial charge in [0.15, 0.2) is 0 Å². The van der Waals surface area contributed by atoms with Gasteiger partial charge in [0, 0.05) is 45.7 Å². The number of carbonyl (C=O) groups is 2.